The van der Waals surface area contributed by atoms with Gasteiger partial charge < -0.3 is 49.2 Å². The van der Waals surface area contributed by atoms with Crippen LogP contribution in [-0.4, -0.2) is 123 Å². The Kier molecular flexibility index (Phi) is 16.2. The number of methoxy groups -OCH3 is 1. The van der Waals surface area contributed by atoms with Crippen molar-refractivity contribution in [1.82, 2.24) is 15.2 Å². The van der Waals surface area contributed by atoms with Gasteiger partial charge in [0.05, 0.1) is 31.9 Å². The average Bonchev–Trinajstić information content (AvgIpc) is 3.82. The quantitative estimate of drug-likeness (QED) is 0.0815. The second-order valence-electron chi connectivity index (χ2n) is 17.7. The molecular formula is C43H66N6O12S. The minimum Gasteiger partial charge on any atom is -0.633 e. The number of aromatic nitrogens is 3. The second kappa shape index (κ2) is 19.8. The summed E-state index contributed by atoms with van der Waals surface area (Å²) in [5.74, 6) is -9.33. The number of amidine groups is 1. The molecule has 3 aliphatic heterocycles. The third-order valence-corrected chi connectivity index (χ3v) is 13.9. The summed E-state index contributed by atoms with van der Waals surface area (Å²) in [7, 11) is 4.26. The third kappa shape index (κ3) is 10.2. The number of pyridine rings is 1. The number of nitrogens with two attached hydrogens (primary N) is 1. The number of quaternary nitrogens is 1. The molecule has 0 aliphatic carbocycles. The summed E-state index contributed by atoms with van der Waals surface area (Å²) in [6, 6.07) is 4.61. The van der Waals surface area contributed by atoms with Crippen molar-refractivity contribution >= 4 is 40.7 Å². The van der Waals surface area contributed by atoms with E-state index in [1.807, 2.05) is 6.07 Å². The van der Waals surface area contributed by atoms with Gasteiger partial charge in [0, 0.05) is 43.4 Å². The number of carbonyl (C=O) groups excluding carboxylic acids is 4. The maximum absolute atomic E-state index is 14.8. The van der Waals surface area contributed by atoms with E-state index >= 15 is 0 Å². The molecule has 0 spiro atoms. The van der Waals surface area contributed by atoms with E-state index in [9.17, 15) is 29.5 Å². The van der Waals surface area contributed by atoms with Gasteiger partial charge in [0.1, 0.15) is 35.5 Å². The summed E-state index contributed by atoms with van der Waals surface area (Å²) in [5, 5.41) is 38.2. The van der Waals surface area contributed by atoms with Crippen molar-refractivity contribution in [2.45, 2.75) is 143 Å². The normalized spacial score (nSPS) is 37.0. The van der Waals surface area contributed by atoms with Crippen LogP contribution < -0.4 is 5.73 Å². The number of fused-ring (bicyclic) bond motifs is 1. The molecule has 15 atom stereocenters. The summed E-state index contributed by atoms with van der Waals surface area (Å²) >= 11 is 1.25. The summed E-state index contributed by atoms with van der Waals surface area (Å²) in [6.45, 7) is 14.8. The first kappa shape index (κ1) is 50.7. The Labute approximate surface area is 368 Å². The minimum atomic E-state index is -1.60. The second-order valence-corrected chi connectivity index (χ2v) is 18.7. The van der Waals surface area contributed by atoms with Crippen LogP contribution in [0, 0.1) is 40.7 Å². The van der Waals surface area contributed by atoms with E-state index in [2.05, 4.69) is 20.3 Å². The highest BCUT2D eigenvalue weighted by Gasteiger charge is 2.63. The van der Waals surface area contributed by atoms with Gasteiger partial charge in [-0.25, -0.2) is 0 Å². The highest BCUT2D eigenvalue weighted by molar-refractivity contribution is 7.14. The molecule has 5 rings (SSSR count). The lowest BCUT2D eigenvalue weighted by Crippen LogP contribution is -2.62. The van der Waals surface area contributed by atoms with Gasteiger partial charge in [-0.2, -0.15) is 0 Å². The smallest absolute Gasteiger partial charge is 0.317 e. The summed E-state index contributed by atoms with van der Waals surface area (Å²) in [5.41, 5.74) is 4.20. The number of ketones is 2. The Morgan fingerprint density at radius 1 is 1.08 bits per heavy atom. The summed E-state index contributed by atoms with van der Waals surface area (Å²) in [4.78, 5) is 67.2. The van der Waals surface area contributed by atoms with Crippen LogP contribution in [0.15, 0.2) is 29.6 Å². The topological polar surface area (TPSA) is 244 Å². The van der Waals surface area contributed by atoms with E-state index in [0.717, 1.165) is 0 Å². The van der Waals surface area contributed by atoms with Crippen molar-refractivity contribution in [3.8, 4) is 10.7 Å². The van der Waals surface area contributed by atoms with Gasteiger partial charge >= 0.3 is 11.9 Å². The Balaban J connectivity index is 0.00000845. The van der Waals surface area contributed by atoms with Crippen LogP contribution in [0.25, 0.3) is 10.7 Å². The average molecular weight is 891 g/mol. The number of carbonyl (C=O) groups is 4. The molecule has 3 saturated heterocycles. The maximum atomic E-state index is 14.8. The van der Waals surface area contributed by atoms with Gasteiger partial charge in [-0.1, -0.05) is 57.7 Å². The van der Waals surface area contributed by atoms with Crippen molar-refractivity contribution in [1.29, 1.82) is 0 Å². The molecule has 2 aromatic heterocycles. The number of esters is 2. The number of hydroxylamine groups is 3. The van der Waals surface area contributed by atoms with Crippen LogP contribution >= 0.6 is 11.3 Å². The number of hydrogen-bond donors (Lipinski definition) is 2. The molecule has 19 heteroatoms. The predicted molar refractivity (Wildman–Crippen MR) is 228 cm³/mol. The molecule has 0 saturated carbocycles. The van der Waals surface area contributed by atoms with Crippen molar-refractivity contribution in [3.05, 3.63) is 34.6 Å². The lowest BCUT2D eigenvalue weighted by atomic mass is 9.67. The number of nitrogens with zero attached hydrogens (tertiary/aromatic N) is 5. The lowest BCUT2D eigenvalue weighted by molar-refractivity contribution is -0.874. The third-order valence-electron chi connectivity index (χ3n) is 12.8. The van der Waals surface area contributed by atoms with Crippen LogP contribution in [0.2, 0.25) is 0 Å². The molecule has 3 fully saturated rings. The van der Waals surface area contributed by atoms with Crippen molar-refractivity contribution < 1.29 is 57.5 Å². The number of aliphatic hydroxyl groups is 1. The Morgan fingerprint density at radius 2 is 1.76 bits per heavy atom. The van der Waals surface area contributed by atoms with Crippen LogP contribution in [-0.2, 0) is 47.7 Å². The van der Waals surface area contributed by atoms with E-state index in [1.54, 1.807) is 73.7 Å². The fourth-order valence-electron chi connectivity index (χ4n) is 9.28. The van der Waals surface area contributed by atoms with E-state index in [0.29, 0.717) is 15.7 Å². The molecule has 0 bridgehead atoms. The SMILES string of the molecule is C.CC[C@@H]1OC(=O)[C@H](C)C(=O)[C@H](C)[C@@H](O[C@@H]2O[C@H](C)C[C@H]([N+](C)(C)[O-])[C@H]2O)[C@](C)(OC)C[C@@H](C)C(=O)[C@H](C)[C@H]2[C@H](/C(N)=N/O[C@@H](C)c3nnc(-c4ccccn4)s3)C(=O)O[C@@]21C. The first-order valence-electron chi connectivity index (χ1n) is 20.8. The van der Waals surface area contributed by atoms with Gasteiger partial charge in [0.15, 0.2) is 45.7 Å². The number of ether oxygens (including phenoxy) is 5. The first-order chi connectivity index (χ1) is 28.5. The fraction of sp³-hybridized carbons (Fsp3) is 0.721. The van der Waals surface area contributed by atoms with Crippen molar-refractivity contribution in [2.75, 3.05) is 21.2 Å². The van der Waals surface area contributed by atoms with Crippen LogP contribution in [0.5, 0.6) is 0 Å². The number of cyclic esters (lactones) is 1. The van der Waals surface area contributed by atoms with Gasteiger partial charge in [0.25, 0.3) is 0 Å². The molecule has 3 N–H and O–H groups in total. The monoisotopic (exact) mass is 890 g/mol. The van der Waals surface area contributed by atoms with Gasteiger partial charge in [-0.15, -0.1) is 10.2 Å². The molecule has 3 aliphatic rings. The van der Waals surface area contributed by atoms with E-state index in [1.165, 1.54) is 39.5 Å². The zero-order valence-electron chi connectivity index (χ0n) is 37.1. The molecule has 346 valence electrons. The zero-order valence-corrected chi connectivity index (χ0v) is 37.9. The van der Waals surface area contributed by atoms with E-state index in [-0.39, 0.29) is 38.3 Å². The van der Waals surface area contributed by atoms with Crippen LogP contribution in [0.1, 0.15) is 100 Å². The molecule has 18 nitrogen and oxygen atoms in total. The highest BCUT2D eigenvalue weighted by atomic mass is 32.1. The zero-order chi connectivity index (χ0) is 45.4. The molecule has 2 aromatic rings. The van der Waals surface area contributed by atoms with Gasteiger partial charge in [0.2, 0.25) is 0 Å². The number of aliphatic hydroxyl groups excluding tert-OH is 1. The molecule has 0 radical (unpaired) electrons. The van der Waals surface area contributed by atoms with E-state index < -0.39 is 112 Å². The molecular weight excluding hydrogens is 825 g/mol. The summed E-state index contributed by atoms with van der Waals surface area (Å²) < 4.78 is 30.0. The molecule has 0 aromatic carbocycles. The fourth-order valence-corrected chi connectivity index (χ4v) is 10.1. The molecule has 0 amide bonds. The highest BCUT2D eigenvalue weighted by Crippen LogP contribution is 2.48. The lowest BCUT2D eigenvalue weighted by Gasteiger charge is -2.50. The van der Waals surface area contributed by atoms with Gasteiger partial charge in [-0.3, -0.25) is 24.2 Å². The standard InChI is InChI=1S/C42H62N6O12S.CH4/c1-13-28-42(9)30(29(39(53)59-42)35(43)47-60-25(7)36-45-46-37(61-36)26-16-14-15-17-44-26)22(4)31(49)20(2)19-41(8,55-12)34(23(5)32(50)24(6)38(52)57-28)58-40-33(51)27(48(10,11)54)18-21(3)56-40;/h14-17,20-25,27-30,33-34,40,51H,13,18-19H2,1-12H3,(H2,43,47);1H4/t20-,21-,22-,23+,24-,25+,27+,28+,29-,30+,33-,34-,40+,41-,42-;/m1./s1. The molecule has 0 unspecified atom stereocenters. The van der Waals surface area contributed by atoms with E-state index in [4.69, 9.17) is 34.3 Å². The van der Waals surface area contributed by atoms with Crippen molar-refractivity contribution in [3.63, 3.8) is 0 Å². The summed E-state index contributed by atoms with van der Waals surface area (Å²) in [6.07, 6.45) is -4.25. The van der Waals surface area contributed by atoms with Gasteiger partial charge in [-0.05, 0) is 59.6 Å². The van der Waals surface area contributed by atoms with Crippen molar-refractivity contribution in [2.24, 2.45) is 46.4 Å². The number of hydrogen-bond acceptors (Lipinski definition) is 17. The van der Waals surface area contributed by atoms with Crippen LogP contribution in [0.4, 0.5) is 0 Å². The largest absolute Gasteiger partial charge is 0.633 e. The number of Topliss-reactive ketones (excluding diaryl/α,β-unsaturated/α-hetero) is 2. The predicted octanol–water partition coefficient (Wildman–Crippen LogP) is 4.77. The number of rotatable bonds is 10. The Bertz CT molecular complexity index is 1930. The van der Waals surface area contributed by atoms with Crippen LogP contribution in [0.3, 0.4) is 0 Å². The molecule has 62 heavy (non-hydrogen) atoms. The first-order valence-corrected chi connectivity index (χ1v) is 21.6. The Hall–Kier alpha value is -3.98. The Morgan fingerprint density at radius 3 is 2.35 bits per heavy atom. The molecule has 5 heterocycles. The maximum Gasteiger partial charge on any atom is 0.317 e. The number of likely N-dealkylation sites (N-methyl/N-ethyl adjacent to an activating group) is 1. The number of oxime groups is 1. The minimum absolute atomic E-state index is 0.